The van der Waals surface area contributed by atoms with E-state index < -0.39 is 0 Å². The van der Waals surface area contributed by atoms with Crippen LogP contribution >= 0.6 is 22.7 Å². The second-order valence-electron chi connectivity index (χ2n) is 9.63. The van der Waals surface area contributed by atoms with Crippen LogP contribution in [0.2, 0.25) is 0 Å². The monoisotopic (exact) mass is 564 g/mol. The van der Waals surface area contributed by atoms with Gasteiger partial charge in [-0.2, -0.15) is 0 Å². The summed E-state index contributed by atoms with van der Waals surface area (Å²) < 4.78 is 17.3. The van der Waals surface area contributed by atoms with Crippen LogP contribution in [-0.4, -0.2) is 72.4 Å². The topological polar surface area (TPSA) is 60.0 Å². The lowest BCUT2D eigenvalue weighted by atomic mass is 10.2. The second-order valence-corrected chi connectivity index (χ2v) is 11.3. The number of hydrogen-bond donors (Lipinski definition) is 0. The van der Waals surface area contributed by atoms with Crippen molar-refractivity contribution in [3.8, 4) is 32.6 Å². The van der Waals surface area contributed by atoms with Crippen molar-refractivity contribution in [1.82, 2.24) is 19.8 Å². The molecule has 0 saturated carbocycles. The van der Waals surface area contributed by atoms with Crippen molar-refractivity contribution in [2.24, 2.45) is 0 Å². The van der Waals surface area contributed by atoms with E-state index in [0.717, 1.165) is 83.4 Å². The van der Waals surface area contributed by atoms with Gasteiger partial charge in [0.2, 0.25) is 0 Å². The molecule has 7 nitrogen and oxygen atoms in total. The highest BCUT2D eigenvalue weighted by molar-refractivity contribution is 7.13. The maximum atomic E-state index is 6.12. The van der Waals surface area contributed by atoms with E-state index in [1.807, 2.05) is 38.1 Å². The van der Waals surface area contributed by atoms with E-state index in [4.69, 9.17) is 24.2 Å². The number of ether oxygens (including phenoxy) is 3. The Labute approximate surface area is 239 Å². The minimum absolute atomic E-state index is 0.164. The van der Waals surface area contributed by atoms with E-state index in [1.54, 1.807) is 22.7 Å². The average molecular weight is 565 g/mol. The lowest BCUT2D eigenvalue weighted by Crippen LogP contribution is -2.45. The lowest BCUT2D eigenvalue weighted by Gasteiger charge is -2.33. The third-order valence-electron chi connectivity index (χ3n) is 6.50. The molecule has 0 radical (unpaired) electrons. The van der Waals surface area contributed by atoms with Crippen LogP contribution in [0.3, 0.4) is 0 Å². The van der Waals surface area contributed by atoms with Gasteiger partial charge in [0.15, 0.2) is 0 Å². The van der Waals surface area contributed by atoms with Crippen LogP contribution in [0.5, 0.6) is 11.5 Å². The molecule has 39 heavy (non-hydrogen) atoms. The van der Waals surface area contributed by atoms with Gasteiger partial charge in [-0.1, -0.05) is 0 Å². The van der Waals surface area contributed by atoms with Gasteiger partial charge >= 0.3 is 0 Å². The zero-order chi connectivity index (χ0) is 27.0. The summed E-state index contributed by atoms with van der Waals surface area (Å²) in [6, 6.07) is 16.3. The zero-order valence-corrected chi connectivity index (χ0v) is 24.5. The molecule has 9 heteroatoms. The molecule has 0 unspecified atom stereocenters. The fourth-order valence-electron chi connectivity index (χ4n) is 4.65. The van der Waals surface area contributed by atoms with Gasteiger partial charge in [0, 0.05) is 54.6 Å². The predicted molar refractivity (Wildman–Crippen MR) is 159 cm³/mol. The molecule has 1 saturated heterocycles. The number of nitrogens with zero attached hydrogens (tertiary/aromatic N) is 4. The van der Waals surface area contributed by atoms with Crippen molar-refractivity contribution >= 4 is 22.7 Å². The highest BCUT2D eigenvalue weighted by Gasteiger charge is 2.22. The average Bonchev–Trinajstić information content (AvgIpc) is 3.60. The predicted octanol–water partition coefficient (Wildman–Crippen LogP) is 6.06. The smallest absolute Gasteiger partial charge is 0.123 e. The van der Waals surface area contributed by atoms with Crippen LogP contribution in [0, 0.1) is 0 Å². The Hall–Kier alpha value is -2.82. The third-order valence-corrected chi connectivity index (χ3v) is 8.38. The van der Waals surface area contributed by atoms with E-state index in [-0.39, 0.29) is 6.10 Å². The van der Waals surface area contributed by atoms with Gasteiger partial charge in [-0.05, 0) is 69.4 Å². The fraction of sp³-hybridized carbons (Fsp3) is 0.400. The van der Waals surface area contributed by atoms with Crippen molar-refractivity contribution in [3.05, 3.63) is 70.7 Å². The highest BCUT2D eigenvalue weighted by atomic mass is 32.1. The molecule has 3 heterocycles. The van der Waals surface area contributed by atoms with Gasteiger partial charge in [0.1, 0.15) is 21.5 Å². The Balaban J connectivity index is 1.29. The molecule has 2 aromatic carbocycles. The quantitative estimate of drug-likeness (QED) is 0.207. The molecule has 1 fully saturated rings. The molecule has 5 rings (SSSR count). The maximum Gasteiger partial charge on any atom is 0.123 e. The van der Waals surface area contributed by atoms with Crippen LogP contribution in [0.25, 0.3) is 21.1 Å². The van der Waals surface area contributed by atoms with E-state index in [1.165, 1.54) is 0 Å². The van der Waals surface area contributed by atoms with E-state index in [2.05, 4.69) is 51.9 Å². The van der Waals surface area contributed by atoms with Crippen LogP contribution in [0.1, 0.15) is 25.2 Å². The van der Waals surface area contributed by atoms with Crippen molar-refractivity contribution in [2.45, 2.75) is 33.0 Å². The van der Waals surface area contributed by atoms with Gasteiger partial charge < -0.3 is 19.1 Å². The minimum atomic E-state index is 0.164. The van der Waals surface area contributed by atoms with Crippen LogP contribution in [0.15, 0.2) is 59.3 Å². The SMILES string of the molecule is CCOc1ccc(-c2nc(CN(Cc3csc(-c4ccc(OCC)cc4)n3)C[C@@H]3CN(C)CCO3)cs2)cc1. The number of thiazole rings is 2. The molecule has 1 atom stereocenters. The Bertz CT molecular complexity index is 1220. The largest absolute Gasteiger partial charge is 0.494 e. The Morgan fingerprint density at radius 1 is 0.846 bits per heavy atom. The lowest BCUT2D eigenvalue weighted by molar-refractivity contribution is -0.0381. The molecule has 206 valence electrons. The molecule has 0 spiro atoms. The summed E-state index contributed by atoms with van der Waals surface area (Å²) in [5, 5.41) is 6.37. The molecule has 0 bridgehead atoms. The maximum absolute atomic E-state index is 6.12. The number of likely N-dealkylation sites (N-methyl/N-ethyl adjacent to an activating group) is 1. The molecular formula is C30H36N4O3S2. The molecule has 4 aromatic rings. The first-order valence-corrected chi connectivity index (χ1v) is 15.2. The van der Waals surface area contributed by atoms with Crippen LogP contribution in [-0.2, 0) is 17.8 Å². The normalized spacial score (nSPS) is 16.1. The van der Waals surface area contributed by atoms with Crippen molar-refractivity contribution in [1.29, 1.82) is 0 Å². The van der Waals surface area contributed by atoms with E-state index in [0.29, 0.717) is 13.2 Å². The summed E-state index contributed by atoms with van der Waals surface area (Å²) in [5.74, 6) is 1.77. The first kappa shape index (κ1) is 27.7. The Kier molecular flexibility index (Phi) is 9.60. The first-order valence-electron chi connectivity index (χ1n) is 13.5. The molecule has 0 N–H and O–H groups in total. The van der Waals surface area contributed by atoms with Gasteiger partial charge in [0.25, 0.3) is 0 Å². The van der Waals surface area contributed by atoms with Gasteiger partial charge in [-0.15, -0.1) is 22.7 Å². The highest BCUT2D eigenvalue weighted by Crippen LogP contribution is 2.28. The molecule has 1 aliphatic rings. The first-order chi connectivity index (χ1) is 19.1. The van der Waals surface area contributed by atoms with E-state index in [9.17, 15) is 0 Å². The van der Waals surface area contributed by atoms with Crippen molar-refractivity contribution < 1.29 is 14.2 Å². The van der Waals surface area contributed by atoms with Crippen LogP contribution < -0.4 is 9.47 Å². The zero-order valence-electron chi connectivity index (χ0n) is 22.8. The summed E-state index contributed by atoms with van der Waals surface area (Å²) >= 11 is 3.36. The minimum Gasteiger partial charge on any atom is -0.494 e. The fourth-order valence-corrected chi connectivity index (χ4v) is 6.29. The van der Waals surface area contributed by atoms with Crippen molar-refractivity contribution in [3.63, 3.8) is 0 Å². The standard InChI is InChI=1S/C30H36N4O3S2/c1-4-35-26-10-6-22(7-11-26)29-31-24(20-38-29)16-34(19-28-18-33(3)14-15-37-28)17-25-21-39-30(32-25)23-8-12-27(13-9-23)36-5-2/h6-13,20-21,28H,4-5,14-19H2,1-3H3/t28-/m0/s1. The number of hydrogen-bond acceptors (Lipinski definition) is 9. The Morgan fingerprint density at radius 3 is 1.82 bits per heavy atom. The molecule has 1 aliphatic heterocycles. The molecular weight excluding hydrogens is 528 g/mol. The number of benzene rings is 2. The summed E-state index contributed by atoms with van der Waals surface area (Å²) in [7, 11) is 2.16. The summed E-state index contributed by atoms with van der Waals surface area (Å²) in [6.45, 7) is 10.3. The summed E-state index contributed by atoms with van der Waals surface area (Å²) in [5.41, 5.74) is 4.35. The number of aromatic nitrogens is 2. The molecule has 0 amide bonds. The summed E-state index contributed by atoms with van der Waals surface area (Å²) in [6.07, 6.45) is 0.164. The second kappa shape index (κ2) is 13.5. The molecule has 0 aliphatic carbocycles. The number of rotatable bonds is 12. The van der Waals surface area contributed by atoms with Gasteiger partial charge in [-0.3, -0.25) is 4.90 Å². The summed E-state index contributed by atoms with van der Waals surface area (Å²) in [4.78, 5) is 14.7. The molecule has 2 aromatic heterocycles. The van der Waals surface area contributed by atoms with Gasteiger partial charge in [0.05, 0.1) is 37.3 Å². The number of morpholine rings is 1. The van der Waals surface area contributed by atoms with Gasteiger partial charge in [-0.25, -0.2) is 9.97 Å². The Morgan fingerprint density at radius 2 is 1.36 bits per heavy atom. The van der Waals surface area contributed by atoms with Crippen LogP contribution in [0.4, 0.5) is 0 Å². The third kappa shape index (κ3) is 7.64. The van der Waals surface area contributed by atoms with Crippen molar-refractivity contribution in [2.75, 3.05) is 46.5 Å². The van der Waals surface area contributed by atoms with E-state index >= 15 is 0 Å².